The molecule has 1 N–H and O–H groups in total. The van der Waals surface area contributed by atoms with Crippen LogP contribution >= 0.6 is 11.9 Å². The molecule has 0 unspecified atom stereocenters. The van der Waals surface area contributed by atoms with Crippen molar-refractivity contribution < 1.29 is 21.7 Å². The van der Waals surface area contributed by atoms with Gasteiger partial charge in [-0.25, -0.2) is 0 Å². The van der Waals surface area contributed by atoms with Crippen LogP contribution in [-0.2, 0) is 17.1 Å². The molecule has 0 rings (SSSR count). The zero-order chi connectivity index (χ0) is 2.00. The van der Waals surface area contributed by atoms with Gasteiger partial charge in [-0.1, -0.05) is 0 Å². The molecule has 0 aliphatic carbocycles. The van der Waals surface area contributed by atoms with Crippen LogP contribution in [0.4, 0.5) is 0 Å². The topological polar surface area (TPSA) is 20.2 Å². The predicted octanol–water partition coefficient (Wildman–Crippen LogP) is -0.786. The molecule has 0 aromatic carbocycles. The van der Waals surface area contributed by atoms with E-state index in [4.69, 9.17) is 4.66 Å². The zero-order valence-corrected chi connectivity index (χ0v) is 3.14. The average molecular weight is 134 g/mol. The minimum absolute atomic E-state index is 0. The summed E-state index contributed by atoms with van der Waals surface area (Å²) in [5, 5.41) is 0. The molecular formula is H3ClMgMnO. The Hall–Kier alpha value is 1.54. The first kappa shape index (κ1) is 17.7. The van der Waals surface area contributed by atoms with Gasteiger partial charge in [0.1, 0.15) is 0 Å². The van der Waals surface area contributed by atoms with Crippen LogP contribution in [0, 0.1) is 0 Å². The summed E-state index contributed by atoms with van der Waals surface area (Å²) in [6.07, 6.45) is 0. The number of halogens is 1. The van der Waals surface area contributed by atoms with E-state index in [0.717, 1.165) is 0 Å². The Morgan fingerprint density at radius 2 is 1.25 bits per heavy atom. The normalized spacial score (nSPS) is 1.50. The number of rotatable bonds is 0. The van der Waals surface area contributed by atoms with Crippen LogP contribution in [-0.4, -0.2) is 27.7 Å². The van der Waals surface area contributed by atoms with Crippen molar-refractivity contribution in [3.8, 4) is 0 Å². The van der Waals surface area contributed by atoms with Gasteiger partial charge in [-0.3, -0.25) is 4.66 Å². The van der Waals surface area contributed by atoms with Crippen LogP contribution in [0.25, 0.3) is 0 Å². The van der Waals surface area contributed by atoms with Crippen molar-refractivity contribution >= 4 is 34.9 Å². The van der Waals surface area contributed by atoms with E-state index in [1.807, 2.05) is 0 Å². The molecule has 0 aromatic heterocycles. The van der Waals surface area contributed by atoms with Gasteiger partial charge in [0.05, 0.1) is 11.9 Å². The molecule has 0 heterocycles. The summed E-state index contributed by atoms with van der Waals surface area (Å²) in [7, 11) is 0. The summed E-state index contributed by atoms with van der Waals surface area (Å²) in [4.78, 5) is 0. The van der Waals surface area contributed by atoms with Crippen molar-refractivity contribution in [2.75, 3.05) is 0 Å². The van der Waals surface area contributed by atoms with E-state index in [9.17, 15) is 0 Å². The van der Waals surface area contributed by atoms with Gasteiger partial charge in [-0.05, 0) is 0 Å². The fraction of sp³-hybridized carbons (Fsp3) is 0. The first-order chi connectivity index (χ1) is 1.00. The van der Waals surface area contributed by atoms with Crippen molar-refractivity contribution in [3.05, 3.63) is 0 Å². The number of hydrogen-bond donors (Lipinski definition) is 1. The van der Waals surface area contributed by atoms with Gasteiger partial charge >= 0.3 is 23.1 Å². The van der Waals surface area contributed by atoms with E-state index in [-0.39, 0.29) is 40.1 Å². The van der Waals surface area contributed by atoms with Crippen molar-refractivity contribution in [1.82, 2.24) is 0 Å². The van der Waals surface area contributed by atoms with Gasteiger partial charge < -0.3 is 0 Å². The summed E-state index contributed by atoms with van der Waals surface area (Å²) >= 11 is 3.64. The molecule has 0 saturated carbocycles. The molecule has 0 amide bonds. The number of hydrogen-bond acceptors (Lipinski definition) is 1. The monoisotopic (exact) mass is 133 g/mol. The Bertz CT molecular complexity index is 8.00. The van der Waals surface area contributed by atoms with Crippen molar-refractivity contribution in [1.29, 1.82) is 0 Å². The van der Waals surface area contributed by atoms with Crippen LogP contribution in [0.3, 0.4) is 0 Å². The SMILES string of the molecule is OCl.[MgH2].[Mn]. The molecule has 4 heavy (non-hydrogen) atoms. The van der Waals surface area contributed by atoms with E-state index in [1.54, 1.807) is 0 Å². The molecule has 0 aromatic rings. The van der Waals surface area contributed by atoms with Crippen LogP contribution < -0.4 is 0 Å². The Morgan fingerprint density at radius 1 is 1.25 bits per heavy atom. The maximum Gasteiger partial charge on any atom is 0.316 e. The molecular weight excluding hydrogens is 131 g/mol. The Morgan fingerprint density at radius 3 is 1.25 bits per heavy atom. The Balaban J connectivity index is -0.00000000500. The van der Waals surface area contributed by atoms with Crippen molar-refractivity contribution in [3.63, 3.8) is 0 Å². The second kappa shape index (κ2) is 24.0. The third-order valence-electron chi connectivity index (χ3n) is 0. The second-order valence-corrected chi connectivity index (χ2v) is 0. The van der Waals surface area contributed by atoms with E-state index < -0.39 is 0 Å². The van der Waals surface area contributed by atoms with Gasteiger partial charge in [0, 0.05) is 17.1 Å². The third kappa shape index (κ3) is 9.64. The predicted molar refractivity (Wildman–Crippen MR) is 16.6 cm³/mol. The fourth-order valence-electron chi connectivity index (χ4n) is 0. The van der Waals surface area contributed by atoms with Crippen molar-refractivity contribution in [2.24, 2.45) is 0 Å². The minimum atomic E-state index is 0. The first-order valence-electron chi connectivity index (χ1n) is 0.169. The minimum Gasteiger partial charge on any atom is -0.295 e. The van der Waals surface area contributed by atoms with Crippen molar-refractivity contribution in [2.45, 2.75) is 0 Å². The van der Waals surface area contributed by atoms with Crippen LogP contribution in [0.5, 0.6) is 0 Å². The molecule has 0 saturated heterocycles. The molecule has 0 spiro atoms. The largest absolute Gasteiger partial charge is 0.316 e. The van der Waals surface area contributed by atoms with Crippen LogP contribution in [0.2, 0.25) is 0 Å². The van der Waals surface area contributed by atoms with Gasteiger partial charge in [0.15, 0.2) is 0 Å². The molecule has 0 aliphatic rings. The van der Waals surface area contributed by atoms with Crippen LogP contribution in [0.1, 0.15) is 0 Å². The van der Waals surface area contributed by atoms with E-state index in [1.165, 1.54) is 0 Å². The van der Waals surface area contributed by atoms with E-state index >= 15 is 0 Å². The molecule has 1 radical (unpaired) electrons. The maximum atomic E-state index is 6.47. The van der Waals surface area contributed by atoms with Gasteiger partial charge in [-0.15, -0.1) is 0 Å². The molecule has 1 nitrogen and oxygen atoms in total. The Kier molecular flexibility index (Phi) is 106. The molecule has 4 heteroatoms. The van der Waals surface area contributed by atoms with Gasteiger partial charge in [-0.2, -0.15) is 0 Å². The average Bonchev–Trinajstić information content (AvgIpc) is 1.00. The summed E-state index contributed by atoms with van der Waals surface area (Å²) in [6.45, 7) is 0. The smallest absolute Gasteiger partial charge is 0.295 e. The summed E-state index contributed by atoms with van der Waals surface area (Å²) < 4.78 is 6.47. The standard InChI is InChI=1S/ClHO.Mg.Mn.2H/c1-2;;;;/h2H;;;;. The van der Waals surface area contributed by atoms with E-state index in [2.05, 4.69) is 11.9 Å². The molecule has 0 bridgehead atoms. The zero-order valence-electron chi connectivity index (χ0n) is 1.20. The second-order valence-electron chi connectivity index (χ2n) is 0. The molecule has 0 fully saturated rings. The molecule has 0 aliphatic heterocycles. The van der Waals surface area contributed by atoms with Gasteiger partial charge in [0.2, 0.25) is 0 Å². The fourth-order valence-corrected chi connectivity index (χ4v) is 0. The van der Waals surface area contributed by atoms with E-state index in [0.29, 0.717) is 0 Å². The third-order valence-corrected chi connectivity index (χ3v) is 0. The Labute approximate surface area is 56.5 Å². The molecule has 25 valence electrons. The maximum absolute atomic E-state index is 6.47. The van der Waals surface area contributed by atoms with Gasteiger partial charge in [0.25, 0.3) is 0 Å². The molecule has 0 atom stereocenters. The summed E-state index contributed by atoms with van der Waals surface area (Å²) in [5.41, 5.74) is 0. The summed E-state index contributed by atoms with van der Waals surface area (Å²) in [5.74, 6) is 0. The quantitative estimate of drug-likeness (QED) is 0.430. The first-order valence-corrected chi connectivity index (χ1v) is 0.507. The van der Waals surface area contributed by atoms with Crippen LogP contribution in [0.15, 0.2) is 0 Å². The summed E-state index contributed by atoms with van der Waals surface area (Å²) in [6, 6.07) is 0.